The maximum Gasteiger partial charge on any atom is 0.422 e. The first-order valence-electron chi connectivity index (χ1n) is 7.65. The number of alkyl halides is 3. The fourth-order valence-electron chi connectivity index (χ4n) is 3.21. The zero-order valence-electron chi connectivity index (χ0n) is 13.1. The lowest BCUT2D eigenvalue weighted by molar-refractivity contribution is -0.154. The van der Waals surface area contributed by atoms with E-state index in [0.717, 1.165) is 37.9 Å². The Balaban J connectivity index is 0.00000225. The van der Waals surface area contributed by atoms with Gasteiger partial charge in [0.1, 0.15) is 4.90 Å². The van der Waals surface area contributed by atoms with Crippen molar-refractivity contribution in [3.05, 3.63) is 18.3 Å². The lowest BCUT2D eigenvalue weighted by atomic mass is 10.0. The van der Waals surface area contributed by atoms with Gasteiger partial charge >= 0.3 is 6.18 Å². The van der Waals surface area contributed by atoms with Gasteiger partial charge in [-0.15, -0.1) is 12.4 Å². The summed E-state index contributed by atoms with van der Waals surface area (Å²) in [7, 11) is -3.76. The summed E-state index contributed by atoms with van der Waals surface area (Å²) >= 11 is 0. The van der Waals surface area contributed by atoms with Crippen LogP contribution in [-0.4, -0.2) is 44.3 Å². The van der Waals surface area contributed by atoms with Gasteiger partial charge in [0.05, 0.1) is 6.20 Å². The van der Waals surface area contributed by atoms with Crippen molar-refractivity contribution in [1.82, 2.24) is 15.0 Å². The largest absolute Gasteiger partial charge is 0.468 e. The third kappa shape index (κ3) is 5.44. The first-order chi connectivity index (χ1) is 11.2. The fraction of sp³-hybridized carbons (Fsp3) is 0.643. The van der Waals surface area contributed by atoms with Crippen molar-refractivity contribution in [3.8, 4) is 5.88 Å². The van der Waals surface area contributed by atoms with Crippen LogP contribution in [0.4, 0.5) is 13.2 Å². The Morgan fingerprint density at radius 1 is 1.24 bits per heavy atom. The van der Waals surface area contributed by atoms with Crippen LogP contribution in [0.2, 0.25) is 0 Å². The summed E-state index contributed by atoms with van der Waals surface area (Å²) in [6, 6.07) is 2.85. The molecule has 6 nitrogen and oxygen atoms in total. The molecule has 0 radical (unpaired) electrons. The van der Waals surface area contributed by atoms with Gasteiger partial charge in [-0.2, -0.15) is 13.2 Å². The molecular weight excluding hydrogens is 383 g/mol. The molecule has 2 bridgehead atoms. The average molecular weight is 402 g/mol. The first kappa shape index (κ1) is 20.2. The van der Waals surface area contributed by atoms with Gasteiger partial charge in [0.2, 0.25) is 15.9 Å². The molecule has 2 unspecified atom stereocenters. The summed E-state index contributed by atoms with van der Waals surface area (Å²) in [6.45, 7) is -1.47. The first-order valence-corrected chi connectivity index (χ1v) is 9.13. The highest BCUT2D eigenvalue weighted by atomic mass is 35.5. The number of halogens is 4. The van der Waals surface area contributed by atoms with Gasteiger partial charge < -0.3 is 10.1 Å². The molecule has 1 aromatic heterocycles. The van der Waals surface area contributed by atoms with E-state index in [9.17, 15) is 21.6 Å². The number of rotatable bonds is 5. The highest BCUT2D eigenvalue weighted by Crippen LogP contribution is 2.27. The van der Waals surface area contributed by atoms with Crippen LogP contribution in [0, 0.1) is 0 Å². The normalized spacial score (nSPS) is 26.1. The van der Waals surface area contributed by atoms with E-state index >= 15 is 0 Å². The number of sulfonamides is 1. The molecule has 0 saturated carbocycles. The maximum absolute atomic E-state index is 12.4. The van der Waals surface area contributed by atoms with E-state index in [2.05, 4.69) is 19.8 Å². The standard InChI is InChI=1S/C14H18F3N3O3S.ClH/c15-14(16,17)8-23-13-4-3-12(7-18-13)24(21,22)20-11-5-9-1-2-10(6-11)19-9;/h3-4,7,9-11,19-20H,1-2,5-6,8H2;1H. The molecule has 2 fully saturated rings. The number of fused-ring (bicyclic) bond motifs is 2. The van der Waals surface area contributed by atoms with E-state index in [-0.39, 0.29) is 29.2 Å². The highest BCUT2D eigenvalue weighted by molar-refractivity contribution is 7.89. The van der Waals surface area contributed by atoms with Gasteiger partial charge in [-0.05, 0) is 31.7 Å². The molecule has 3 rings (SSSR count). The van der Waals surface area contributed by atoms with Crippen LogP contribution >= 0.6 is 12.4 Å². The third-order valence-electron chi connectivity index (χ3n) is 4.20. The lowest BCUT2D eigenvalue weighted by Crippen LogP contribution is -2.47. The molecule has 11 heteroatoms. The van der Waals surface area contributed by atoms with Crippen molar-refractivity contribution in [3.63, 3.8) is 0 Å². The summed E-state index contributed by atoms with van der Waals surface area (Å²) in [4.78, 5) is 3.54. The van der Waals surface area contributed by atoms with Crippen LogP contribution in [0.3, 0.4) is 0 Å². The van der Waals surface area contributed by atoms with E-state index in [1.807, 2.05) is 0 Å². The number of nitrogens with one attached hydrogen (secondary N) is 2. The van der Waals surface area contributed by atoms with Crippen LogP contribution in [0.15, 0.2) is 23.2 Å². The number of ether oxygens (including phenoxy) is 1. The van der Waals surface area contributed by atoms with Crippen molar-refractivity contribution in [2.24, 2.45) is 0 Å². The van der Waals surface area contributed by atoms with Gasteiger partial charge in [-0.25, -0.2) is 18.1 Å². The molecule has 0 aromatic carbocycles. The zero-order valence-corrected chi connectivity index (χ0v) is 14.8. The average Bonchev–Trinajstić information content (AvgIpc) is 2.83. The lowest BCUT2D eigenvalue weighted by Gasteiger charge is -2.29. The molecule has 2 N–H and O–H groups in total. The Morgan fingerprint density at radius 3 is 2.40 bits per heavy atom. The monoisotopic (exact) mass is 401 g/mol. The van der Waals surface area contributed by atoms with Crippen molar-refractivity contribution in [1.29, 1.82) is 0 Å². The smallest absolute Gasteiger partial charge is 0.422 e. The van der Waals surface area contributed by atoms with Gasteiger partial charge in [0.15, 0.2) is 6.61 Å². The van der Waals surface area contributed by atoms with Crippen LogP contribution in [-0.2, 0) is 10.0 Å². The number of nitrogens with zero attached hydrogens (tertiary/aromatic N) is 1. The minimum Gasteiger partial charge on any atom is -0.468 e. The summed E-state index contributed by atoms with van der Waals surface area (Å²) < 4.78 is 68.1. The van der Waals surface area contributed by atoms with Crippen LogP contribution in [0.5, 0.6) is 5.88 Å². The second-order valence-corrected chi connectivity index (χ2v) is 7.88. The van der Waals surface area contributed by atoms with Gasteiger partial charge in [-0.1, -0.05) is 0 Å². The van der Waals surface area contributed by atoms with Crippen molar-refractivity contribution in [2.45, 2.75) is 54.9 Å². The maximum atomic E-state index is 12.4. The molecule has 0 spiro atoms. The molecule has 2 aliphatic heterocycles. The molecule has 0 aliphatic carbocycles. The van der Waals surface area contributed by atoms with E-state index in [1.165, 1.54) is 6.07 Å². The van der Waals surface area contributed by atoms with Crippen LogP contribution in [0.1, 0.15) is 25.7 Å². The second kappa shape index (κ2) is 7.65. The van der Waals surface area contributed by atoms with Gasteiger partial charge in [0.25, 0.3) is 0 Å². The number of hydrogen-bond acceptors (Lipinski definition) is 5. The Labute approximate surface area is 150 Å². The summed E-state index contributed by atoms with van der Waals surface area (Å²) in [5.74, 6) is -0.272. The van der Waals surface area contributed by atoms with Gasteiger partial charge in [0, 0.05) is 24.2 Å². The molecule has 2 saturated heterocycles. The number of hydrogen-bond donors (Lipinski definition) is 2. The predicted molar refractivity (Wildman–Crippen MR) is 86.3 cm³/mol. The van der Waals surface area contributed by atoms with Gasteiger partial charge in [-0.3, -0.25) is 0 Å². The second-order valence-electron chi connectivity index (χ2n) is 6.16. The Kier molecular flexibility index (Phi) is 6.18. The summed E-state index contributed by atoms with van der Waals surface area (Å²) in [5, 5.41) is 3.42. The Morgan fingerprint density at radius 2 is 1.88 bits per heavy atom. The Hall–Kier alpha value is -1.10. The molecule has 0 amide bonds. The third-order valence-corrected chi connectivity index (χ3v) is 5.70. The zero-order chi connectivity index (χ0) is 17.4. The van der Waals surface area contributed by atoms with E-state index in [1.54, 1.807) is 0 Å². The summed E-state index contributed by atoms with van der Waals surface area (Å²) in [5.41, 5.74) is 0. The van der Waals surface area contributed by atoms with Crippen LogP contribution < -0.4 is 14.8 Å². The fourth-order valence-corrected chi connectivity index (χ4v) is 4.41. The molecule has 142 valence electrons. The van der Waals surface area contributed by atoms with Crippen molar-refractivity contribution >= 4 is 22.4 Å². The summed E-state index contributed by atoms with van der Waals surface area (Å²) in [6.07, 6.45) is 0.101. The minimum atomic E-state index is -4.47. The number of aromatic nitrogens is 1. The highest BCUT2D eigenvalue weighted by Gasteiger charge is 2.35. The van der Waals surface area contributed by atoms with Crippen molar-refractivity contribution < 1.29 is 26.3 Å². The Bertz CT molecular complexity index is 673. The molecule has 3 heterocycles. The van der Waals surface area contributed by atoms with E-state index in [0.29, 0.717) is 12.1 Å². The number of piperidine rings is 1. The van der Waals surface area contributed by atoms with Crippen LogP contribution in [0.25, 0.3) is 0 Å². The topological polar surface area (TPSA) is 80.3 Å². The van der Waals surface area contributed by atoms with Crippen molar-refractivity contribution in [2.75, 3.05) is 6.61 Å². The molecule has 2 aliphatic rings. The quantitative estimate of drug-likeness (QED) is 0.789. The van der Waals surface area contributed by atoms with E-state index < -0.39 is 22.8 Å². The molecular formula is C14H19ClF3N3O3S. The SMILES string of the molecule is Cl.O=S(=O)(NC1CC2CCC(C1)N2)c1ccc(OCC(F)(F)F)nc1. The predicted octanol–water partition coefficient (Wildman–Crippen LogP) is 2.01. The molecule has 25 heavy (non-hydrogen) atoms. The van der Waals surface area contributed by atoms with E-state index in [4.69, 9.17) is 0 Å². The molecule has 1 aromatic rings. The molecule has 2 atom stereocenters. The number of pyridine rings is 1. The minimum absolute atomic E-state index is 0.